The van der Waals surface area contributed by atoms with Crippen LogP contribution < -0.4 is 10.2 Å². The molecule has 0 saturated heterocycles. The highest BCUT2D eigenvalue weighted by atomic mass is 79.9. The van der Waals surface area contributed by atoms with E-state index in [4.69, 9.17) is 0 Å². The highest BCUT2D eigenvalue weighted by molar-refractivity contribution is 9.10. The number of rotatable bonds is 4. The summed E-state index contributed by atoms with van der Waals surface area (Å²) >= 11 is 3.31. The topological polar surface area (TPSA) is 49.4 Å². The molecule has 114 valence electrons. The van der Waals surface area contributed by atoms with E-state index in [1.807, 2.05) is 6.07 Å². The summed E-state index contributed by atoms with van der Waals surface area (Å²) in [5, 5.41) is 2.67. The number of halogens is 2. The second kappa shape index (κ2) is 7.17. The van der Waals surface area contributed by atoms with Crippen molar-refractivity contribution in [3.05, 3.63) is 58.8 Å². The predicted molar refractivity (Wildman–Crippen MR) is 87.2 cm³/mol. The van der Waals surface area contributed by atoms with Crippen LogP contribution in [0.1, 0.15) is 6.92 Å². The molecule has 1 N–H and O–H groups in total. The highest BCUT2D eigenvalue weighted by Crippen LogP contribution is 2.19. The zero-order chi connectivity index (χ0) is 16.1. The first-order valence-electron chi connectivity index (χ1n) is 6.55. The monoisotopic (exact) mass is 364 g/mol. The van der Waals surface area contributed by atoms with Crippen molar-refractivity contribution in [2.75, 3.05) is 16.8 Å². The number of carbonyl (C=O) groups is 2. The molecule has 0 bridgehead atoms. The molecular weight excluding hydrogens is 351 g/mol. The lowest BCUT2D eigenvalue weighted by Gasteiger charge is -2.21. The molecule has 4 nitrogen and oxygen atoms in total. The lowest BCUT2D eigenvalue weighted by atomic mass is 10.2. The summed E-state index contributed by atoms with van der Waals surface area (Å²) in [6.07, 6.45) is 0. The summed E-state index contributed by atoms with van der Waals surface area (Å²) in [6.45, 7) is 1.03. The van der Waals surface area contributed by atoms with Crippen molar-refractivity contribution >= 4 is 39.1 Å². The molecule has 0 aliphatic heterocycles. The number of hydrogen-bond acceptors (Lipinski definition) is 2. The number of nitrogens with zero attached hydrogens (tertiary/aromatic N) is 1. The van der Waals surface area contributed by atoms with Crippen molar-refractivity contribution in [1.82, 2.24) is 0 Å². The van der Waals surface area contributed by atoms with Gasteiger partial charge < -0.3 is 10.2 Å². The van der Waals surface area contributed by atoms with Crippen molar-refractivity contribution in [3.63, 3.8) is 0 Å². The van der Waals surface area contributed by atoms with Crippen LogP contribution in [0.4, 0.5) is 15.8 Å². The Morgan fingerprint density at radius 1 is 1.18 bits per heavy atom. The molecule has 0 atom stereocenters. The van der Waals surface area contributed by atoms with E-state index in [9.17, 15) is 14.0 Å². The lowest BCUT2D eigenvalue weighted by Crippen LogP contribution is -2.37. The number of amides is 2. The predicted octanol–water partition coefficient (Wildman–Crippen LogP) is 3.58. The Labute approximate surface area is 136 Å². The zero-order valence-electron chi connectivity index (χ0n) is 11.8. The average Bonchev–Trinajstić information content (AvgIpc) is 2.45. The van der Waals surface area contributed by atoms with Gasteiger partial charge in [0.2, 0.25) is 11.8 Å². The Morgan fingerprint density at radius 3 is 2.55 bits per heavy atom. The van der Waals surface area contributed by atoms with Crippen molar-refractivity contribution in [1.29, 1.82) is 0 Å². The van der Waals surface area contributed by atoms with Gasteiger partial charge in [0.15, 0.2) is 0 Å². The quantitative estimate of drug-likeness (QED) is 0.901. The maximum atomic E-state index is 13.8. The molecule has 2 aromatic rings. The average molecular weight is 365 g/mol. The third kappa shape index (κ3) is 4.14. The maximum Gasteiger partial charge on any atom is 0.244 e. The van der Waals surface area contributed by atoms with Crippen LogP contribution in [0, 0.1) is 5.82 Å². The van der Waals surface area contributed by atoms with E-state index in [-0.39, 0.29) is 12.2 Å². The molecule has 2 rings (SSSR count). The fourth-order valence-electron chi connectivity index (χ4n) is 1.95. The third-order valence-electron chi connectivity index (χ3n) is 2.93. The van der Waals surface area contributed by atoms with Crippen molar-refractivity contribution in [2.45, 2.75) is 6.92 Å². The Morgan fingerprint density at radius 2 is 1.91 bits per heavy atom. The van der Waals surface area contributed by atoms with Crippen LogP contribution in [-0.4, -0.2) is 18.4 Å². The van der Waals surface area contributed by atoms with Crippen molar-refractivity contribution in [2.24, 2.45) is 0 Å². The van der Waals surface area contributed by atoms with Crippen LogP contribution in [0.2, 0.25) is 0 Å². The van der Waals surface area contributed by atoms with E-state index in [0.717, 1.165) is 9.37 Å². The third-order valence-corrected chi connectivity index (χ3v) is 3.43. The number of carbonyl (C=O) groups excluding carboxylic acids is 2. The largest absolute Gasteiger partial charge is 0.324 e. The van der Waals surface area contributed by atoms with Gasteiger partial charge in [-0.3, -0.25) is 9.59 Å². The number of benzene rings is 2. The Balaban J connectivity index is 2.13. The van der Waals surface area contributed by atoms with Gasteiger partial charge in [0.25, 0.3) is 0 Å². The number of para-hydroxylation sites is 1. The van der Waals surface area contributed by atoms with Gasteiger partial charge in [-0.15, -0.1) is 0 Å². The molecule has 0 spiro atoms. The van der Waals surface area contributed by atoms with Crippen LogP contribution in [0.3, 0.4) is 0 Å². The highest BCUT2D eigenvalue weighted by Gasteiger charge is 2.18. The van der Waals surface area contributed by atoms with Crippen LogP contribution in [-0.2, 0) is 9.59 Å². The molecular formula is C16H14BrFN2O2. The second-order valence-corrected chi connectivity index (χ2v) is 5.53. The second-order valence-electron chi connectivity index (χ2n) is 4.62. The van der Waals surface area contributed by atoms with Crippen LogP contribution in [0.25, 0.3) is 0 Å². The van der Waals surface area contributed by atoms with E-state index in [1.165, 1.54) is 25.1 Å². The summed E-state index contributed by atoms with van der Waals surface area (Å²) in [4.78, 5) is 24.9. The zero-order valence-corrected chi connectivity index (χ0v) is 13.4. The van der Waals surface area contributed by atoms with E-state index < -0.39 is 17.6 Å². The van der Waals surface area contributed by atoms with E-state index in [0.29, 0.717) is 5.69 Å². The number of hydrogen-bond donors (Lipinski definition) is 1. The van der Waals surface area contributed by atoms with Crippen molar-refractivity contribution in [3.8, 4) is 0 Å². The molecule has 6 heteroatoms. The molecule has 22 heavy (non-hydrogen) atoms. The molecule has 2 aromatic carbocycles. The van der Waals surface area contributed by atoms with Gasteiger partial charge in [-0.2, -0.15) is 0 Å². The number of anilines is 2. The van der Waals surface area contributed by atoms with Gasteiger partial charge >= 0.3 is 0 Å². The van der Waals surface area contributed by atoms with Crippen LogP contribution in [0.15, 0.2) is 53.0 Å². The van der Waals surface area contributed by atoms with E-state index in [2.05, 4.69) is 21.2 Å². The van der Waals surface area contributed by atoms with E-state index >= 15 is 0 Å². The van der Waals surface area contributed by atoms with Gasteiger partial charge in [0, 0.05) is 17.1 Å². The Hall–Kier alpha value is -2.21. The molecule has 0 aliphatic rings. The summed E-state index contributed by atoms with van der Waals surface area (Å²) in [6, 6.07) is 12.9. The molecule has 0 fully saturated rings. The van der Waals surface area contributed by atoms with Gasteiger partial charge in [0.1, 0.15) is 12.4 Å². The summed E-state index contributed by atoms with van der Waals surface area (Å²) in [7, 11) is 0. The molecule has 0 unspecified atom stereocenters. The minimum Gasteiger partial charge on any atom is -0.324 e. The first-order valence-corrected chi connectivity index (χ1v) is 7.34. The molecule has 0 aliphatic carbocycles. The first-order chi connectivity index (χ1) is 10.5. The standard InChI is InChI=1S/C16H14BrFN2O2/c1-11(21)20(15-8-3-2-7-14(15)18)10-16(22)19-13-6-4-5-12(17)9-13/h2-9H,10H2,1H3,(H,19,22). The summed E-state index contributed by atoms with van der Waals surface area (Å²) < 4.78 is 14.6. The van der Waals surface area contributed by atoms with Crippen molar-refractivity contribution < 1.29 is 14.0 Å². The Bertz CT molecular complexity index is 706. The summed E-state index contributed by atoms with van der Waals surface area (Å²) in [5.74, 6) is -1.36. The molecule has 2 amide bonds. The van der Waals surface area contributed by atoms with Gasteiger partial charge in [0.05, 0.1) is 5.69 Å². The smallest absolute Gasteiger partial charge is 0.244 e. The maximum absolute atomic E-state index is 13.8. The molecule has 0 heterocycles. The molecule has 0 aromatic heterocycles. The van der Waals surface area contributed by atoms with Crippen LogP contribution >= 0.6 is 15.9 Å². The normalized spacial score (nSPS) is 10.1. The minimum absolute atomic E-state index is 0.0828. The minimum atomic E-state index is -0.548. The fourth-order valence-corrected chi connectivity index (χ4v) is 2.35. The van der Waals surface area contributed by atoms with Gasteiger partial charge in [-0.1, -0.05) is 34.1 Å². The summed E-state index contributed by atoms with van der Waals surface area (Å²) in [5.41, 5.74) is 0.677. The molecule has 0 saturated carbocycles. The van der Waals surface area contributed by atoms with Gasteiger partial charge in [-0.05, 0) is 30.3 Å². The first kappa shape index (κ1) is 16.2. The lowest BCUT2D eigenvalue weighted by molar-refractivity contribution is -0.120. The van der Waals surface area contributed by atoms with E-state index in [1.54, 1.807) is 24.3 Å². The molecule has 0 radical (unpaired) electrons. The van der Waals surface area contributed by atoms with Crippen LogP contribution in [0.5, 0.6) is 0 Å². The Kier molecular flexibility index (Phi) is 5.27. The fraction of sp³-hybridized carbons (Fsp3) is 0.125. The number of nitrogens with one attached hydrogen (secondary N) is 1. The SMILES string of the molecule is CC(=O)N(CC(=O)Nc1cccc(Br)c1)c1ccccc1F. The van der Waals surface area contributed by atoms with Gasteiger partial charge in [-0.25, -0.2) is 4.39 Å².